The minimum atomic E-state index is -0.897. The number of aromatic nitrogens is 3. The van der Waals surface area contributed by atoms with E-state index in [4.69, 9.17) is 5.10 Å². The van der Waals surface area contributed by atoms with Crippen molar-refractivity contribution in [3.05, 3.63) is 182 Å². The van der Waals surface area contributed by atoms with Gasteiger partial charge in [-0.2, -0.15) is 6.07 Å². The Labute approximate surface area is 285 Å². The number of benzene rings is 5. The van der Waals surface area contributed by atoms with Crippen molar-refractivity contribution >= 4 is 22.7 Å². The molecule has 2 aromatic heterocycles. The van der Waals surface area contributed by atoms with Crippen LogP contribution in [0.2, 0.25) is 0 Å². The van der Waals surface area contributed by atoms with E-state index in [0.29, 0.717) is 0 Å². The van der Waals surface area contributed by atoms with Crippen LogP contribution in [0.5, 0.6) is 0 Å². The molecular formula is C39H26F2IrN5. The SMILES string of the molecule is Fc1c[c-]c(N2[CH-]N(c3ccccc3)c3ccccc32)c(F)n1.[Ir+3].[c-]1ccccc1-c1cc(-c2ccccc2)n(-c2ccccc2)n1. The molecule has 5 nitrogen and oxygen atoms in total. The first-order valence-corrected chi connectivity index (χ1v) is 14.6. The van der Waals surface area contributed by atoms with Crippen LogP contribution in [0, 0.1) is 30.7 Å². The molecule has 0 saturated heterocycles. The van der Waals surface area contributed by atoms with Gasteiger partial charge in [-0.15, -0.1) is 48.6 Å². The molecule has 8 heteroatoms. The molecule has 1 aliphatic rings. The zero-order valence-corrected chi connectivity index (χ0v) is 27.2. The Morgan fingerprint density at radius 3 is 1.85 bits per heavy atom. The summed E-state index contributed by atoms with van der Waals surface area (Å²) in [6, 6.07) is 54.8. The van der Waals surface area contributed by atoms with Gasteiger partial charge < -0.3 is 14.8 Å². The van der Waals surface area contributed by atoms with Gasteiger partial charge in [0.2, 0.25) is 0 Å². The summed E-state index contributed by atoms with van der Waals surface area (Å²) in [6.45, 7) is 1.74. The van der Waals surface area contributed by atoms with Crippen molar-refractivity contribution in [2.75, 3.05) is 9.80 Å². The quantitative estimate of drug-likeness (QED) is 0.129. The van der Waals surface area contributed by atoms with Crippen molar-refractivity contribution in [1.29, 1.82) is 0 Å². The van der Waals surface area contributed by atoms with Crippen molar-refractivity contribution in [2.45, 2.75) is 0 Å². The van der Waals surface area contributed by atoms with Gasteiger partial charge in [-0.3, -0.25) is 8.78 Å². The van der Waals surface area contributed by atoms with Crippen LogP contribution in [0.4, 0.5) is 31.5 Å². The second-order valence-corrected chi connectivity index (χ2v) is 10.3. The number of pyridine rings is 1. The Balaban J connectivity index is 0.000000161. The third-order valence-electron chi connectivity index (χ3n) is 7.40. The summed E-state index contributed by atoms with van der Waals surface area (Å²) >= 11 is 0. The standard InChI is InChI=1S/C21H15N2.C18H11F2N3.Ir/c1-4-10-17(11-5-1)20-16-21(18-12-6-2-7-13-18)23(22-20)19-14-8-3-9-15-19;19-17-11-10-16(18(20)21-17)23-12-22(13-6-2-1-3-7-13)14-8-4-5-9-15(14)23;/h1-10,12-16H;1-9,11-12H;/q-1;-2;+3. The molecule has 0 unspecified atom stereocenters. The van der Waals surface area contributed by atoms with Crippen LogP contribution in [0.25, 0.3) is 28.2 Å². The van der Waals surface area contributed by atoms with E-state index in [1.165, 1.54) is 0 Å². The predicted octanol–water partition coefficient (Wildman–Crippen LogP) is 9.57. The molecule has 7 aromatic rings. The Bertz CT molecular complexity index is 2000. The summed E-state index contributed by atoms with van der Waals surface area (Å²) in [4.78, 5) is 6.80. The zero-order valence-electron chi connectivity index (χ0n) is 24.8. The van der Waals surface area contributed by atoms with Crippen molar-refractivity contribution in [2.24, 2.45) is 0 Å². The fourth-order valence-electron chi connectivity index (χ4n) is 5.27. The van der Waals surface area contributed by atoms with Gasteiger partial charge in [0.1, 0.15) is 5.95 Å². The van der Waals surface area contributed by atoms with Crippen LogP contribution < -0.4 is 9.80 Å². The normalized spacial score (nSPS) is 11.7. The average molecular weight is 795 g/mol. The molecule has 230 valence electrons. The minimum absolute atomic E-state index is 0. The van der Waals surface area contributed by atoms with Crippen molar-refractivity contribution in [1.82, 2.24) is 14.8 Å². The topological polar surface area (TPSA) is 37.2 Å². The molecule has 0 spiro atoms. The van der Waals surface area contributed by atoms with Crippen molar-refractivity contribution in [3.8, 4) is 28.2 Å². The van der Waals surface area contributed by atoms with Gasteiger partial charge in [0, 0.05) is 22.8 Å². The molecule has 0 fully saturated rings. The summed E-state index contributed by atoms with van der Waals surface area (Å²) < 4.78 is 29.1. The monoisotopic (exact) mass is 795 g/mol. The van der Waals surface area contributed by atoms with Crippen LogP contribution in [0.3, 0.4) is 0 Å². The second kappa shape index (κ2) is 14.3. The molecular weight excluding hydrogens is 769 g/mol. The van der Waals surface area contributed by atoms with E-state index in [-0.39, 0.29) is 25.8 Å². The molecule has 0 aliphatic carbocycles. The molecule has 8 rings (SSSR count). The first-order valence-electron chi connectivity index (χ1n) is 14.6. The number of hydrogen-bond donors (Lipinski definition) is 0. The van der Waals surface area contributed by atoms with Crippen molar-refractivity contribution in [3.63, 3.8) is 0 Å². The third-order valence-corrected chi connectivity index (χ3v) is 7.40. The van der Waals surface area contributed by atoms with E-state index in [1.54, 1.807) is 11.6 Å². The maximum absolute atomic E-state index is 14.1. The van der Waals surface area contributed by atoms with Crippen LogP contribution in [0.1, 0.15) is 0 Å². The summed E-state index contributed by atoms with van der Waals surface area (Å²) in [7, 11) is 0. The molecule has 47 heavy (non-hydrogen) atoms. The number of nitrogens with zero attached hydrogens (tertiary/aromatic N) is 5. The summed E-state index contributed by atoms with van der Waals surface area (Å²) in [6.07, 6.45) is 0. The maximum Gasteiger partial charge on any atom is 3.00 e. The van der Waals surface area contributed by atoms with Gasteiger partial charge in [-0.25, -0.2) is 9.78 Å². The van der Waals surface area contributed by atoms with Gasteiger partial charge in [-0.05, 0) is 47.6 Å². The van der Waals surface area contributed by atoms with Gasteiger partial charge in [0.15, 0.2) is 0 Å². The zero-order chi connectivity index (χ0) is 31.3. The van der Waals surface area contributed by atoms with E-state index in [0.717, 1.165) is 51.3 Å². The minimum Gasteiger partial charge on any atom is -0.490 e. The third kappa shape index (κ3) is 6.75. The molecule has 0 atom stereocenters. The number of fused-ring (bicyclic) bond motifs is 1. The summed E-state index contributed by atoms with van der Waals surface area (Å²) in [5.74, 6) is -1.79. The van der Waals surface area contributed by atoms with Crippen LogP contribution in [-0.2, 0) is 20.1 Å². The first kappa shape index (κ1) is 31.5. The molecule has 0 bridgehead atoms. The average Bonchev–Trinajstić information content (AvgIpc) is 3.74. The Kier molecular flexibility index (Phi) is 9.62. The molecule has 0 saturated carbocycles. The first-order chi connectivity index (χ1) is 22.7. The van der Waals surface area contributed by atoms with E-state index < -0.39 is 11.9 Å². The summed E-state index contributed by atoms with van der Waals surface area (Å²) in [5.41, 5.74) is 7.89. The summed E-state index contributed by atoms with van der Waals surface area (Å²) in [5, 5.41) is 4.81. The van der Waals surface area contributed by atoms with E-state index in [2.05, 4.69) is 47.4 Å². The molecule has 0 amide bonds. The number of anilines is 4. The van der Waals surface area contributed by atoms with E-state index >= 15 is 0 Å². The van der Waals surface area contributed by atoms with Crippen LogP contribution in [0.15, 0.2) is 152 Å². The maximum atomic E-state index is 14.1. The number of halogens is 2. The second-order valence-electron chi connectivity index (χ2n) is 10.3. The fourth-order valence-corrected chi connectivity index (χ4v) is 5.27. The predicted molar refractivity (Wildman–Crippen MR) is 178 cm³/mol. The smallest absolute Gasteiger partial charge is 0.490 e. The van der Waals surface area contributed by atoms with Crippen LogP contribution in [-0.4, -0.2) is 14.8 Å². The Morgan fingerprint density at radius 1 is 0.617 bits per heavy atom. The Morgan fingerprint density at radius 2 is 1.21 bits per heavy atom. The molecule has 0 N–H and O–H groups in total. The number of hydrogen-bond acceptors (Lipinski definition) is 4. The Hall–Kier alpha value is -5.43. The molecule has 1 aliphatic heterocycles. The van der Waals surface area contributed by atoms with Gasteiger partial charge >= 0.3 is 20.1 Å². The molecule has 3 heterocycles. The van der Waals surface area contributed by atoms with Gasteiger partial charge in [0.05, 0.1) is 17.3 Å². The van der Waals surface area contributed by atoms with Gasteiger partial charge in [0.25, 0.3) is 0 Å². The van der Waals surface area contributed by atoms with E-state index in [1.807, 2.05) is 125 Å². The largest absolute Gasteiger partial charge is 3.00 e. The van der Waals surface area contributed by atoms with E-state index in [9.17, 15) is 8.78 Å². The van der Waals surface area contributed by atoms with Gasteiger partial charge in [-0.1, -0.05) is 84.9 Å². The van der Waals surface area contributed by atoms with Crippen molar-refractivity contribution < 1.29 is 28.9 Å². The fraction of sp³-hybridized carbons (Fsp3) is 0. The number of para-hydroxylation sites is 4. The molecule has 0 radical (unpaired) electrons. The number of rotatable bonds is 5. The van der Waals surface area contributed by atoms with Crippen LogP contribution >= 0.6 is 0 Å². The molecule has 5 aromatic carbocycles.